The van der Waals surface area contributed by atoms with Crippen LogP contribution in [-0.4, -0.2) is 46.1 Å². The average Bonchev–Trinajstić information content (AvgIpc) is 3.00. The summed E-state index contributed by atoms with van der Waals surface area (Å²) in [4.78, 5) is 25.3. The molecule has 0 spiro atoms. The van der Waals surface area contributed by atoms with Gasteiger partial charge in [-0.3, -0.25) is 14.3 Å². The molecular weight excluding hydrogens is 256 g/mol. The number of hydrogen-bond acceptors (Lipinski definition) is 3. The van der Waals surface area contributed by atoms with Crippen molar-refractivity contribution in [2.75, 3.05) is 19.6 Å². The van der Waals surface area contributed by atoms with Crippen molar-refractivity contribution >= 4 is 11.8 Å². The highest BCUT2D eigenvalue weighted by Crippen LogP contribution is 2.17. The molecule has 0 saturated carbocycles. The zero-order valence-electron chi connectivity index (χ0n) is 12.1. The van der Waals surface area contributed by atoms with E-state index in [2.05, 4.69) is 10.4 Å². The SMILES string of the molecule is CCN1C[C@@H](C(=O)NCCCc2cnn(C)c2)CC1=O. The lowest BCUT2D eigenvalue weighted by molar-refractivity contribution is -0.128. The topological polar surface area (TPSA) is 67.2 Å². The number of hydrogen-bond donors (Lipinski definition) is 1. The number of carbonyl (C=O) groups excluding carboxylic acids is 2. The summed E-state index contributed by atoms with van der Waals surface area (Å²) < 4.78 is 1.78. The Morgan fingerprint density at radius 3 is 2.95 bits per heavy atom. The Morgan fingerprint density at radius 1 is 1.55 bits per heavy atom. The molecule has 1 N–H and O–H groups in total. The second-order valence-electron chi connectivity index (χ2n) is 5.25. The third kappa shape index (κ3) is 3.59. The zero-order valence-corrected chi connectivity index (χ0v) is 12.1. The molecule has 6 nitrogen and oxygen atoms in total. The molecule has 1 aromatic rings. The molecule has 20 heavy (non-hydrogen) atoms. The predicted molar refractivity (Wildman–Crippen MR) is 74.9 cm³/mol. The fourth-order valence-corrected chi connectivity index (χ4v) is 2.50. The van der Waals surface area contributed by atoms with Gasteiger partial charge in [0.15, 0.2) is 0 Å². The van der Waals surface area contributed by atoms with Crippen LogP contribution in [0.1, 0.15) is 25.3 Å². The Kier molecular flexibility index (Phi) is 4.76. The van der Waals surface area contributed by atoms with Crippen molar-refractivity contribution in [3.63, 3.8) is 0 Å². The van der Waals surface area contributed by atoms with E-state index in [1.165, 1.54) is 5.56 Å². The van der Waals surface area contributed by atoms with Crippen molar-refractivity contribution < 1.29 is 9.59 Å². The highest BCUT2D eigenvalue weighted by atomic mass is 16.2. The van der Waals surface area contributed by atoms with Gasteiger partial charge in [-0.05, 0) is 25.3 Å². The first-order valence-corrected chi connectivity index (χ1v) is 7.13. The fourth-order valence-electron chi connectivity index (χ4n) is 2.50. The molecule has 1 aliphatic heterocycles. The van der Waals surface area contributed by atoms with Crippen molar-refractivity contribution in [2.45, 2.75) is 26.2 Å². The Morgan fingerprint density at radius 2 is 2.35 bits per heavy atom. The minimum Gasteiger partial charge on any atom is -0.356 e. The molecule has 2 rings (SSSR count). The standard InChI is InChI=1S/C14H22N4O2/c1-3-18-10-12(7-13(18)19)14(20)15-6-4-5-11-8-16-17(2)9-11/h8-9,12H,3-7,10H2,1-2H3,(H,15,20)/t12-/m0/s1. The van der Waals surface area contributed by atoms with Gasteiger partial charge in [0.25, 0.3) is 0 Å². The number of nitrogens with zero attached hydrogens (tertiary/aromatic N) is 3. The summed E-state index contributed by atoms with van der Waals surface area (Å²) in [7, 11) is 1.89. The maximum Gasteiger partial charge on any atom is 0.225 e. The predicted octanol–water partition coefficient (Wildman–Crippen LogP) is 0.337. The maximum absolute atomic E-state index is 12.0. The van der Waals surface area contributed by atoms with E-state index in [-0.39, 0.29) is 17.7 Å². The minimum atomic E-state index is -0.180. The molecule has 110 valence electrons. The third-order valence-corrected chi connectivity index (χ3v) is 3.67. The van der Waals surface area contributed by atoms with Crippen LogP contribution in [0.2, 0.25) is 0 Å². The number of aromatic nitrogens is 2. The molecule has 1 saturated heterocycles. The molecule has 2 amide bonds. The van der Waals surface area contributed by atoms with Gasteiger partial charge in [0, 0.05) is 39.3 Å². The van der Waals surface area contributed by atoms with Crippen LogP contribution in [0.5, 0.6) is 0 Å². The normalized spacial score (nSPS) is 18.6. The molecule has 1 aliphatic rings. The second kappa shape index (κ2) is 6.54. The summed E-state index contributed by atoms with van der Waals surface area (Å²) >= 11 is 0. The van der Waals surface area contributed by atoms with Gasteiger partial charge < -0.3 is 10.2 Å². The summed E-state index contributed by atoms with van der Waals surface area (Å²) in [6.45, 7) is 3.82. The summed E-state index contributed by atoms with van der Waals surface area (Å²) in [5, 5.41) is 7.03. The number of carbonyl (C=O) groups is 2. The second-order valence-corrected chi connectivity index (χ2v) is 5.25. The lowest BCUT2D eigenvalue weighted by Crippen LogP contribution is -2.33. The van der Waals surface area contributed by atoms with Crippen molar-refractivity contribution in [1.82, 2.24) is 20.0 Å². The largest absolute Gasteiger partial charge is 0.356 e. The molecule has 1 fully saturated rings. The molecule has 0 aliphatic carbocycles. The van der Waals surface area contributed by atoms with Crippen LogP contribution in [0.15, 0.2) is 12.4 Å². The van der Waals surface area contributed by atoms with Gasteiger partial charge in [0.05, 0.1) is 12.1 Å². The van der Waals surface area contributed by atoms with Crippen molar-refractivity contribution in [3.05, 3.63) is 18.0 Å². The Hall–Kier alpha value is -1.85. The quantitative estimate of drug-likeness (QED) is 0.763. The Bertz CT molecular complexity index is 483. The molecule has 6 heteroatoms. The summed E-state index contributed by atoms with van der Waals surface area (Å²) in [6, 6.07) is 0. The molecular formula is C14H22N4O2. The van der Waals surface area contributed by atoms with Crippen LogP contribution >= 0.6 is 0 Å². The van der Waals surface area contributed by atoms with Gasteiger partial charge in [-0.25, -0.2) is 0 Å². The number of rotatable bonds is 6. The number of nitrogens with one attached hydrogen (secondary N) is 1. The number of likely N-dealkylation sites (tertiary alicyclic amines) is 1. The Labute approximate surface area is 119 Å². The number of amides is 2. The van der Waals surface area contributed by atoms with Crippen molar-refractivity contribution in [1.29, 1.82) is 0 Å². The molecule has 0 radical (unpaired) electrons. The lowest BCUT2D eigenvalue weighted by atomic mass is 10.1. The highest BCUT2D eigenvalue weighted by Gasteiger charge is 2.32. The van der Waals surface area contributed by atoms with E-state index in [4.69, 9.17) is 0 Å². The Balaban J connectivity index is 1.67. The van der Waals surface area contributed by atoms with Crippen LogP contribution in [0.4, 0.5) is 0 Å². The molecule has 1 atom stereocenters. The van der Waals surface area contributed by atoms with E-state index in [0.717, 1.165) is 12.8 Å². The van der Waals surface area contributed by atoms with Crippen molar-refractivity contribution in [3.8, 4) is 0 Å². The van der Waals surface area contributed by atoms with E-state index < -0.39 is 0 Å². The smallest absolute Gasteiger partial charge is 0.225 e. The monoisotopic (exact) mass is 278 g/mol. The first-order valence-electron chi connectivity index (χ1n) is 7.13. The van der Waals surface area contributed by atoms with Crippen molar-refractivity contribution in [2.24, 2.45) is 13.0 Å². The zero-order chi connectivity index (χ0) is 14.5. The third-order valence-electron chi connectivity index (χ3n) is 3.67. The summed E-state index contributed by atoms with van der Waals surface area (Å²) in [5.41, 5.74) is 1.18. The van der Waals surface area contributed by atoms with Gasteiger partial charge >= 0.3 is 0 Å². The molecule has 0 unspecified atom stereocenters. The van der Waals surface area contributed by atoms with Crippen LogP contribution in [0.25, 0.3) is 0 Å². The van der Waals surface area contributed by atoms with Gasteiger partial charge in [0.1, 0.15) is 0 Å². The fraction of sp³-hybridized carbons (Fsp3) is 0.643. The minimum absolute atomic E-state index is 0.000451. The van der Waals surface area contributed by atoms with Gasteiger partial charge in [-0.1, -0.05) is 0 Å². The molecule has 0 bridgehead atoms. The van der Waals surface area contributed by atoms with E-state index >= 15 is 0 Å². The van der Waals surface area contributed by atoms with E-state index in [0.29, 0.717) is 26.1 Å². The van der Waals surface area contributed by atoms with Crippen LogP contribution in [0, 0.1) is 5.92 Å². The van der Waals surface area contributed by atoms with E-state index in [1.807, 2.05) is 26.4 Å². The van der Waals surface area contributed by atoms with Crippen LogP contribution in [0.3, 0.4) is 0 Å². The summed E-state index contributed by atoms with van der Waals surface area (Å²) in [6.07, 6.45) is 5.96. The number of aryl methyl sites for hydroxylation is 2. The highest BCUT2D eigenvalue weighted by molar-refractivity contribution is 5.89. The van der Waals surface area contributed by atoms with Crippen LogP contribution < -0.4 is 5.32 Å². The first-order chi connectivity index (χ1) is 9.60. The lowest BCUT2D eigenvalue weighted by Gasteiger charge is -2.13. The van der Waals surface area contributed by atoms with Gasteiger partial charge in [-0.15, -0.1) is 0 Å². The molecule has 0 aromatic carbocycles. The summed E-state index contributed by atoms with van der Waals surface area (Å²) in [5.74, 6) is -0.0932. The van der Waals surface area contributed by atoms with E-state index in [9.17, 15) is 9.59 Å². The van der Waals surface area contributed by atoms with Crippen LogP contribution in [-0.2, 0) is 23.1 Å². The van der Waals surface area contributed by atoms with E-state index in [1.54, 1.807) is 9.58 Å². The average molecular weight is 278 g/mol. The molecule has 1 aromatic heterocycles. The van der Waals surface area contributed by atoms with Gasteiger partial charge in [0.2, 0.25) is 11.8 Å². The van der Waals surface area contributed by atoms with Gasteiger partial charge in [-0.2, -0.15) is 5.10 Å². The first kappa shape index (κ1) is 14.6. The maximum atomic E-state index is 12.0. The molecule has 2 heterocycles.